The molecule has 5 nitrogen and oxygen atoms in total. The lowest BCUT2D eigenvalue weighted by atomic mass is 9.98. The van der Waals surface area contributed by atoms with Crippen LogP contribution in [0.25, 0.3) is 0 Å². The zero-order valence-electron chi connectivity index (χ0n) is 14.5. The highest BCUT2D eigenvalue weighted by atomic mass is 35.5. The van der Waals surface area contributed by atoms with Gasteiger partial charge in [-0.3, -0.25) is 4.90 Å². The van der Waals surface area contributed by atoms with Gasteiger partial charge in [-0.25, -0.2) is 0 Å². The van der Waals surface area contributed by atoms with Gasteiger partial charge in [0.05, 0.1) is 21.3 Å². The topological polar surface area (TPSA) is 43.0 Å². The molecule has 24 heavy (non-hydrogen) atoms. The number of ether oxygens (including phenoxy) is 3. The van der Waals surface area contributed by atoms with Gasteiger partial charge in [0.25, 0.3) is 0 Å². The normalized spacial score (nSPS) is 18.8. The van der Waals surface area contributed by atoms with E-state index in [4.69, 9.17) is 14.2 Å². The Hall–Kier alpha value is -0.880. The summed E-state index contributed by atoms with van der Waals surface area (Å²) in [4.78, 5) is 2.58. The van der Waals surface area contributed by atoms with Crippen molar-refractivity contribution >= 4 is 24.8 Å². The number of rotatable bonds is 6. The third-order valence-electron chi connectivity index (χ3n) is 4.67. The lowest BCUT2D eigenvalue weighted by molar-refractivity contribution is 0.152. The number of piperazine rings is 1. The molecule has 1 aromatic rings. The second-order valence-corrected chi connectivity index (χ2v) is 5.99. The minimum Gasteiger partial charge on any atom is -0.493 e. The van der Waals surface area contributed by atoms with Crippen molar-refractivity contribution in [1.82, 2.24) is 10.2 Å². The van der Waals surface area contributed by atoms with Crippen LogP contribution in [0.5, 0.6) is 17.2 Å². The van der Waals surface area contributed by atoms with E-state index in [0.29, 0.717) is 11.8 Å². The summed E-state index contributed by atoms with van der Waals surface area (Å²) >= 11 is 0. The summed E-state index contributed by atoms with van der Waals surface area (Å²) < 4.78 is 16.7. The van der Waals surface area contributed by atoms with E-state index in [9.17, 15) is 0 Å². The molecule has 2 fully saturated rings. The smallest absolute Gasteiger partial charge is 0.203 e. The Labute approximate surface area is 156 Å². The highest BCUT2D eigenvalue weighted by Gasteiger charge is 2.39. The monoisotopic (exact) mass is 378 g/mol. The van der Waals surface area contributed by atoms with E-state index in [-0.39, 0.29) is 24.8 Å². The van der Waals surface area contributed by atoms with E-state index in [0.717, 1.165) is 43.6 Å². The summed E-state index contributed by atoms with van der Waals surface area (Å²) in [5.74, 6) is 2.96. The average molecular weight is 379 g/mol. The minimum atomic E-state index is 0. The molecule has 1 heterocycles. The molecule has 1 aliphatic carbocycles. The number of halogens is 2. The van der Waals surface area contributed by atoms with Crippen molar-refractivity contribution in [2.45, 2.75) is 18.9 Å². The number of benzene rings is 1. The molecule has 0 radical (unpaired) electrons. The Balaban J connectivity index is 0.00000144. The molecule has 1 aromatic carbocycles. The Morgan fingerprint density at radius 3 is 2.08 bits per heavy atom. The standard InChI is InChI=1S/C17H26N2O3.2ClH/c1-20-14-7-6-13(16(21-2)17(14)22-3)15(12-4-5-12)19-10-8-18-9-11-19;;/h6-7,12,15,18H,4-5,8-11H2,1-3H3;2*1H/t15-;;/m1../s1. The van der Waals surface area contributed by atoms with E-state index < -0.39 is 0 Å². The molecule has 3 rings (SSSR count). The molecule has 0 spiro atoms. The maximum Gasteiger partial charge on any atom is 0.203 e. The maximum atomic E-state index is 5.71. The molecule has 0 unspecified atom stereocenters. The predicted molar refractivity (Wildman–Crippen MR) is 101 cm³/mol. The summed E-state index contributed by atoms with van der Waals surface area (Å²) in [6.45, 7) is 4.27. The van der Waals surface area contributed by atoms with Crippen molar-refractivity contribution < 1.29 is 14.2 Å². The molecule has 138 valence electrons. The Bertz CT molecular complexity index is 521. The summed E-state index contributed by atoms with van der Waals surface area (Å²) in [6.07, 6.45) is 2.60. The first-order chi connectivity index (χ1) is 10.8. The van der Waals surface area contributed by atoms with Crippen molar-refractivity contribution in [3.05, 3.63) is 17.7 Å². The highest BCUT2D eigenvalue weighted by molar-refractivity contribution is 5.85. The van der Waals surface area contributed by atoms with Crippen molar-refractivity contribution in [3.63, 3.8) is 0 Å². The number of nitrogens with one attached hydrogen (secondary N) is 1. The van der Waals surface area contributed by atoms with Gasteiger partial charge in [0.2, 0.25) is 5.75 Å². The van der Waals surface area contributed by atoms with Gasteiger partial charge >= 0.3 is 0 Å². The van der Waals surface area contributed by atoms with Gasteiger partial charge in [0, 0.05) is 37.8 Å². The van der Waals surface area contributed by atoms with Crippen LogP contribution in [-0.2, 0) is 0 Å². The molecule has 2 aliphatic rings. The van der Waals surface area contributed by atoms with Crippen LogP contribution in [-0.4, -0.2) is 52.4 Å². The summed E-state index contributed by atoms with van der Waals surface area (Å²) in [6, 6.07) is 4.55. The van der Waals surface area contributed by atoms with Gasteiger partial charge in [-0.15, -0.1) is 24.8 Å². The molecular formula is C17H28Cl2N2O3. The molecular weight excluding hydrogens is 351 g/mol. The number of hydrogen-bond acceptors (Lipinski definition) is 5. The van der Waals surface area contributed by atoms with E-state index >= 15 is 0 Å². The van der Waals surface area contributed by atoms with Crippen LogP contribution in [0.2, 0.25) is 0 Å². The van der Waals surface area contributed by atoms with E-state index in [1.165, 1.54) is 18.4 Å². The van der Waals surface area contributed by atoms with Crippen LogP contribution >= 0.6 is 24.8 Å². The minimum absolute atomic E-state index is 0. The Morgan fingerprint density at radius 1 is 0.958 bits per heavy atom. The zero-order chi connectivity index (χ0) is 15.5. The molecule has 0 bridgehead atoms. The molecule has 1 saturated heterocycles. The summed E-state index contributed by atoms with van der Waals surface area (Å²) in [5, 5.41) is 3.43. The Morgan fingerprint density at radius 2 is 1.58 bits per heavy atom. The number of methoxy groups -OCH3 is 3. The molecule has 1 saturated carbocycles. The highest BCUT2D eigenvalue weighted by Crippen LogP contribution is 2.50. The number of nitrogens with zero attached hydrogens (tertiary/aromatic N) is 1. The van der Waals surface area contributed by atoms with Crippen LogP contribution in [0.1, 0.15) is 24.4 Å². The molecule has 1 atom stereocenters. The van der Waals surface area contributed by atoms with Gasteiger partial charge in [-0.2, -0.15) is 0 Å². The fourth-order valence-corrected chi connectivity index (χ4v) is 3.48. The predicted octanol–water partition coefficient (Wildman–Crippen LogP) is 2.91. The second kappa shape index (κ2) is 9.56. The van der Waals surface area contributed by atoms with Gasteiger partial charge < -0.3 is 19.5 Å². The lowest BCUT2D eigenvalue weighted by Crippen LogP contribution is -2.45. The first kappa shape index (κ1) is 21.2. The average Bonchev–Trinajstić information content (AvgIpc) is 3.40. The fourth-order valence-electron chi connectivity index (χ4n) is 3.48. The SMILES string of the molecule is COc1ccc([C@@H](C2CC2)N2CCNCC2)c(OC)c1OC.Cl.Cl. The quantitative estimate of drug-likeness (QED) is 0.824. The van der Waals surface area contributed by atoms with Gasteiger partial charge in [0.1, 0.15) is 0 Å². The second-order valence-electron chi connectivity index (χ2n) is 5.99. The summed E-state index contributed by atoms with van der Waals surface area (Å²) in [5.41, 5.74) is 1.23. The van der Waals surface area contributed by atoms with Crippen molar-refractivity contribution in [2.75, 3.05) is 47.5 Å². The largest absolute Gasteiger partial charge is 0.493 e. The molecule has 0 aromatic heterocycles. The molecule has 1 N–H and O–H groups in total. The maximum absolute atomic E-state index is 5.71. The third kappa shape index (κ3) is 4.20. The van der Waals surface area contributed by atoms with E-state index in [1.807, 2.05) is 6.07 Å². The van der Waals surface area contributed by atoms with Crippen molar-refractivity contribution in [1.29, 1.82) is 0 Å². The first-order valence-corrected chi connectivity index (χ1v) is 8.03. The third-order valence-corrected chi connectivity index (χ3v) is 4.67. The first-order valence-electron chi connectivity index (χ1n) is 8.03. The van der Waals surface area contributed by atoms with E-state index in [2.05, 4.69) is 16.3 Å². The molecule has 1 aliphatic heterocycles. The molecule has 0 amide bonds. The number of hydrogen-bond donors (Lipinski definition) is 1. The molecule has 7 heteroatoms. The van der Waals surface area contributed by atoms with Crippen LogP contribution in [0.15, 0.2) is 12.1 Å². The van der Waals surface area contributed by atoms with Crippen LogP contribution in [0.3, 0.4) is 0 Å². The zero-order valence-corrected chi connectivity index (χ0v) is 16.2. The summed E-state index contributed by atoms with van der Waals surface area (Å²) in [7, 11) is 5.04. The van der Waals surface area contributed by atoms with Crippen LogP contribution in [0, 0.1) is 5.92 Å². The van der Waals surface area contributed by atoms with Crippen molar-refractivity contribution in [3.8, 4) is 17.2 Å². The van der Waals surface area contributed by atoms with Gasteiger partial charge in [-0.1, -0.05) is 0 Å². The van der Waals surface area contributed by atoms with Crippen molar-refractivity contribution in [2.24, 2.45) is 5.92 Å². The van der Waals surface area contributed by atoms with Gasteiger partial charge in [0.15, 0.2) is 11.5 Å². The lowest BCUT2D eigenvalue weighted by Gasteiger charge is -2.36. The Kier molecular flexibility index (Phi) is 8.43. The van der Waals surface area contributed by atoms with E-state index in [1.54, 1.807) is 21.3 Å². The van der Waals surface area contributed by atoms with Crippen LogP contribution < -0.4 is 19.5 Å². The fraction of sp³-hybridized carbons (Fsp3) is 0.647. The van der Waals surface area contributed by atoms with Crippen LogP contribution in [0.4, 0.5) is 0 Å². The van der Waals surface area contributed by atoms with Gasteiger partial charge in [-0.05, 0) is 30.9 Å².